The first-order valence-corrected chi connectivity index (χ1v) is 8.38. The van der Waals surface area contributed by atoms with Gasteiger partial charge in [-0.25, -0.2) is 9.78 Å². The Kier molecular flexibility index (Phi) is 6.17. The zero-order chi connectivity index (χ0) is 17.0. The molecule has 7 nitrogen and oxygen atoms in total. The Hall–Kier alpha value is -1.41. The summed E-state index contributed by atoms with van der Waals surface area (Å²) in [5.41, 5.74) is 0. The van der Waals surface area contributed by atoms with Crippen LogP contribution in [0.15, 0.2) is 10.8 Å². The number of aromatic amines is 1. The minimum atomic E-state index is -0.739. The Morgan fingerprint density at radius 3 is 2.74 bits per heavy atom. The van der Waals surface area contributed by atoms with Crippen LogP contribution in [0.3, 0.4) is 0 Å². The van der Waals surface area contributed by atoms with Gasteiger partial charge in [0, 0.05) is 18.9 Å². The van der Waals surface area contributed by atoms with E-state index >= 15 is 0 Å². The number of Topliss-reactive ketones (excluding diaryl/α,β-unsaturated/α-hetero) is 1. The van der Waals surface area contributed by atoms with Crippen LogP contribution in [0.4, 0.5) is 4.79 Å². The lowest BCUT2D eigenvalue weighted by Crippen LogP contribution is -2.50. The highest BCUT2D eigenvalue weighted by Crippen LogP contribution is 2.40. The van der Waals surface area contributed by atoms with Crippen LogP contribution in [-0.2, 0) is 14.3 Å². The van der Waals surface area contributed by atoms with E-state index in [1.54, 1.807) is 13.1 Å². The van der Waals surface area contributed by atoms with Gasteiger partial charge < -0.3 is 19.8 Å². The molecular formula is C15H22BrN3O4. The van der Waals surface area contributed by atoms with Crippen LogP contribution in [0, 0.1) is 5.92 Å². The number of imidazole rings is 1. The maximum absolute atomic E-state index is 13.0. The molecule has 4 atom stereocenters. The third-order valence-electron chi connectivity index (χ3n) is 4.40. The first-order chi connectivity index (χ1) is 11.0. The Morgan fingerprint density at radius 2 is 2.17 bits per heavy atom. The largest absolute Gasteiger partial charge is 0.453 e. The van der Waals surface area contributed by atoms with Gasteiger partial charge in [-0.1, -0.05) is 6.42 Å². The van der Waals surface area contributed by atoms with Gasteiger partial charge in [0.05, 0.1) is 19.4 Å². The zero-order valence-electron chi connectivity index (χ0n) is 13.5. The van der Waals surface area contributed by atoms with Crippen molar-refractivity contribution in [1.29, 1.82) is 0 Å². The van der Waals surface area contributed by atoms with Crippen molar-refractivity contribution in [3.8, 4) is 0 Å². The SMILES string of the molecule is COC(=O)N[C@H](C(=O)C1CCC[C@H]1c1ncc(Br)[nH]1)[C@@H](C)OC. The smallest absolute Gasteiger partial charge is 0.407 e. The molecule has 0 aromatic carbocycles. The lowest BCUT2D eigenvalue weighted by Gasteiger charge is -2.27. The van der Waals surface area contributed by atoms with Crippen LogP contribution in [0.1, 0.15) is 37.9 Å². The standard InChI is InChI=1S/C15H22BrN3O4/c1-8(22-2)12(19-15(21)23-3)13(20)9-5-4-6-10(9)14-17-7-11(16)18-14/h7-10,12H,4-6H2,1-3H3,(H,17,18)(H,19,21)/t8-,9?,10-,12+/m1/s1. The molecule has 1 aliphatic rings. The molecular weight excluding hydrogens is 366 g/mol. The van der Waals surface area contributed by atoms with Gasteiger partial charge in [0.25, 0.3) is 0 Å². The number of ketones is 1. The van der Waals surface area contributed by atoms with Gasteiger partial charge in [0.1, 0.15) is 16.5 Å². The minimum Gasteiger partial charge on any atom is -0.453 e. The van der Waals surface area contributed by atoms with Crippen molar-refractivity contribution in [2.45, 2.75) is 44.2 Å². The van der Waals surface area contributed by atoms with Crippen molar-refractivity contribution in [3.63, 3.8) is 0 Å². The van der Waals surface area contributed by atoms with Crippen molar-refractivity contribution in [3.05, 3.63) is 16.6 Å². The number of carbonyl (C=O) groups excluding carboxylic acids is 2. The molecule has 1 aromatic heterocycles. The number of aromatic nitrogens is 2. The van der Waals surface area contributed by atoms with E-state index in [0.717, 1.165) is 29.7 Å². The predicted molar refractivity (Wildman–Crippen MR) is 87.2 cm³/mol. The fourth-order valence-corrected chi connectivity index (χ4v) is 3.41. The number of rotatable bonds is 6. The van der Waals surface area contributed by atoms with E-state index in [4.69, 9.17) is 4.74 Å². The molecule has 1 aromatic rings. The summed E-state index contributed by atoms with van der Waals surface area (Å²) in [7, 11) is 2.78. The molecule has 1 heterocycles. The molecule has 1 fully saturated rings. The Bertz CT molecular complexity index is 563. The monoisotopic (exact) mass is 387 g/mol. The number of carbonyl (C=O) groups is 2. The van der Waals surface area contributed by atoms with Gasteiger partial charge in [-0.15, -0.1) is 0 Å². The Balaban J connectivity index is 2.18. The first-order valence-electron chi connectivity index (χ1n) is 7.59. The minimum absolute atomic E-state index is 0.0276. The summed E-state index contributed by atoms with van der Waals surface area (Å²) in [6, 6.07) is -0.739. The number of alkyl carbamates (subject to hydrolysis) is 1. The number of nitrogens with one attached hydrogen (secondary N) is 2. The zero-order valence-corrected chi connectivity index (χ0v) is 15.1. The average Bonchev–Trinajstić information content (AvgIpc) is 3.19. The number of nitrogens with zero attached hydrogens (tertiary/aromatic N) is 1. The molecule has 1 unspecified atom stereocenters. The molecule has 1 aliphatic carbocycles. The molecule has 0 bridgehead atoms. The predicted octanol–water partition coefficient (Wildman–Crippen LogP) is 2.38. The van der Waals surface area contributed by atoms with Crippen molar-refractivity contribution in [1.82, 2.24) is 15.3 Å². The molecule has 1 saturated carbocycles. The highest BCUT2D eigenvalue weighted by Gasteiger charge is 2.41. The topological polar surface area (TPSA) is 93.3 Å². The summed E-state index contributed by atoms with van der Waals surface area (Å²) < 4.78 is 10.7. The van der Waals surface area contributed by atoms with Crippen LogP contribution in [-0.4, -0.2) is 48.2 Å². The fraction of sp³-hybridized carbons (Fsp3) is 0.667. The molecule has 2 N–H and O–H groups in total. The van der Waals surface area contributed by atoms with Gasteiger partial charge in [-0.3, -0.25) is 4.79 Å². The number of halogens is 1. The van der Waals surface area contributed by atoms with Gasteiger partial charge in [-0.2, -0.15) is 0 Å². The Morgan fingerprint density at radius 1 is 1.43 bits per heavy atom. The second kappa shape index (κ2) is 7.92. The van der Waals surface area contributed by atoms with Gasteiger partial charge in [0.15, 0.2) is 5.78 Å². The van der Waals surface area contributed by atoms with Crippen molar-refractivity contribution in [2.24, 2.45) is 5.92 Å². The summed E-state index contributed by atoms with van der Waals surface area (Å²) in [6.45, 7) is 1.76. The molecule has 0 aliphatic heterocycles. The molecule has 0 saturated heterocycles. The summed E-state index contributed by atoms with van der Waals surface area (Å²) in [6.07, 6.45) is 3.23. The lowest BCUT2D eigenvalue weighted by atomic mass is 9.86. The first kappa shape index (κ1) is 17.9. The second-order valence-electron chi connectivity index (χ2n) is 5.72. The van der Waals surface area contributed by atoms with E-state index in [0.29, 0.717) is 0 Å². The summed E-state index contributed by atoms with van der Waals surface area (Å²) >= 11 is 3.35. The van der Waals surface area contributed by atoms with Crippen LogP contribution in [0.2, 0.25) is 0 Å². The molecule has 0 spiro atoms. The normalized spacial score (nSPS) is 23.3. The maximum atomic E-state index is 13.0. The Labute approximate surface area is 143 Å². The molecule has 0 radical (unpaired) electrons. The van der Waals surface area contributed by atoms with Crippen molar-refractivity contribution in [2.75, 3.05) is 14.2 Å². The van der Waals surface area contributed by atoms with Gasteiger partial charge in [-0.05, 0) is 35.7 Å². The number of hydrogen-bond acceptors (Lipinski definition) is 5. The van der Waals surface area contributed by atoms with E-state index < -0.39 is 18.2 Å². The van der Waals surface area contributed by atoms with Gasteiger partial charge >= 0.3 is 6.09 Å². The molecule has 23 heavy (non-hydrogen) atoms. The number of ether oxygens (including phenoxy) is 2. The molecule has 1 amide bonds. The lowest BCUT2D eigenvalue weighted by molar-refractivity contribution is -0.128. The number of H-pyrrole nitrogens is 1. The maximum Gasteiger partial charge on any atom is 0.407 e. The van der Waals surface area contributed by atoms with Crippen LogP contribution in [0.5, 0.6) is 0 Å². The summed E-state index contributed by atoms with van der Waals surface area (Å²) in [5, 5.41) is 2.60. The average molecular weight is 388 g/mol. The van der Waals surface area contributed by atoms with Crippen LogP contribution in [0.25, 0.3) is 0 Å². The van der Waals surface area contributed by atoms with E-state index in [1.165, 1.54) is 14.2 Å². The number of hydrogen-bond donors (Lipinski definition) is 2. The van der Waals surface area contributed by atoms with Gasteiger partial charge in [0.2, 0.25) is 0 Å². The van der Waals surface area contributed by atoms with E-state index in [2.05, 4.69) is 36.0 Å². The van der Waals surface area contributed by atoms with E-state index in [9.17, 15) is 9.59 Å². The highest BCUT2D eigenvalue weighted by atomic mass is 79.9. The quantitative estimate of drug-likeness (QED) is 0.781. The van der Waals surface area contributed by atoms with E-state index in [-0.39, 0.29) is 17.6 Å². The van der Waals surface area contributed by atoms with Crippen molar-refractivity contribution >= 4 is 27.8 Å². The highest BCUT2D eigenvalue weighted by molar-refractivity contribution is 9.10. The number of amides is 1. The van der Waals surface area contributed by atoms with Crippen molar-refractivity contribution < 1.29 is 19.1 Å². The third-order valence-corrected chi connectivity index (χ3v) is 4.81. The van der Waals surface area contributed by atoms with Crippen LogP contribution >= 0.6 is 15.9 Å². The second-order valence-corrected chi connectivity index (χ2v) is 6.57. The molecule has 2 rings (SSSR count). The summed E-state index contributed by atoms with van der Waals surface area (Å²) in [4.78, 5) is 32.0. The summed E-state index contributed by atoms with van der Waals surface area (Å²) in [5.74, 6) is 0.585. The van der Waals surface area contributed by atoms with Crippen LogP contribution < -0.4 is 5.32 Å². The number of methoxy groups -OCH3 is 2. The molecule has 128 valence electrons. The third kappa shape index (κ3) is 4.11. The molecule has 8 heteroatoms. The fourth-order valence-electron chi connectivity index (χ4n) is 3.10. The van der Waals surface area contributed by atoms with E-state index in [1.807, 2.05) is 0 Å².